The first-order chi connectivity index (χ1) is 10.2. The van der Waals surface area contributed by atoms with Crippen LogP contribution in [-0.2, 0) is 6.54 Å². The zero-order chi connectivity index (χ0) is 14.8. The molecular weight excluding hydrogens is 278 g/mol. The molecule has 0 amide bonds. The van der Waals surface area contributed by atoms with Gasteiger partial charge in [0.1, 0.15) is 5.01 Å². The topological polar surface area (TPSA) is 28.2 Å². The van der Waals surface area contributed by atoms with Crippen molar-refractivity contribution in [3.63, 3.8) is 0 Å². The van der Waals surface area contributed by atoms with Crippen molar-refractivity contribution in [3.05, 3.63) is 29.3 Å². The number of piperazine rings is 1. The number of nitrogens with zero attached hydrogens (tertiary/aromatic N) is 2. The Morgan fingerprint density at radius 3 is 2.90 bits per heavy atom. The molecule has 0 bridgehead atoms. The predicted octanol–water partition coefficient (Wildman–Crippen LogP) is 3.50. The fourth-order valence-electron chi connectivity index (χ4n) is 3.17. The molecule has 2 aromatic rings. The van der Waals surface area contributed by atoms with Crippen LogP contribution in [0.3, 0.4) is 0 Å². The highest BCUT2D eigenvalue weighted by Crippen LogP contribution is 2.25. The molecule has 4 heteroatoms. The number of aromatic nitrogens is 1. The molecule has 1 aliphatic rings. The van der Waals surface area contributed by atoms with Crippen LogP contribution in [0.2, 0.25) is 0 Å². The molecular formula is C17H25N3S. The SMILES string of the molecule is CCC1CN(Cc2nc3ccccc3s2)C(C(C)C)CN1. The maximum absolute atomic E-state index is 4.81. The number of hydrogen-bond donors (Lipinski definition) is 1. The van der Waals surface area contributed by atoms with Crippen molar-refractivity contribution < 1.29 is 0 Å². The molecule has 0 aliphatic carbocycles. The summed E-state index contributed by atoms with van der Waals surface area (Å²) in [5, 5.41) is 4.93. The summed E-state index contributed by atoms with van der Waals surface area (Å²) in [5.74, 6) is 0.671. The van der Waals surface area contributed by atoms with Gasteiger partial charge >= 0.3 is 0 Å². The van der Waals surface area contributed by atoms with Gasteiger partial charge < -0.3 is 5.32 Å². The average molecular weight is 303 g/mol. The zero-order valence-corrected chi connectivity index (χ0v) is 14.0. The molecule has 2 unspecified atom stereocenters. The Morgan fingerprint density at radius 2 is 2.19 bits per heavy atom. The third-order valence-corrected chi connectivity index (χ3v) is 5.50. The molecule has 1 aromatic heterocycles. The molecule has 1 aliphatic heterocycles. The van der Waals surface area contributed by atoms with Gasteiger partial charge in [-0.2, -0.15) is 0 Å². The molecule has 1 saturated heterocycles. The second-order valence-electron chi connectivity index (χ2n) is 6.33. The molecule has 1 aromatic carbocycles. The molecule has 0 spiro atoms. The second-order valence-corrected chi connectivity index (χ2v) is 7.44. The van der Waals surface area contributed by atoms with E-state index in [1.54, 1.807) is 0 Å². The number of benzene rings is 1. The number of thiazole rings is 1. The third kappa shape index (κ3) is 3.28. The van der Waals surface area contributed by atoms with Gasteiger partial charge in [0.05, 0.1) is 16.8 Å². The summed E-state index contributed by atoms with van der Waals surface area (Å²) >= 11 is 1.84. The number of para-hydroxylation sites is 1. The number of nitrogens with one attached hydrogen (secondary N) is 1. The Kier molecular flexibility index (Phi) is 4.57. The summed E-state index contributed by atoms with van der Waals surface area (Å²) in [4.78, 5) is 7.44. The number of hydrogen-bond acceptors (Lipinski definition) is 4. The van der Waals surface area contributed by atoms with Crippen molar-refractivity contribution in [1.29, 1.82) is 0 Å². The summed E-state index contributed by atoms with van der Waals surface area (Å²) in [5.41, 5.74) is 1.14. The molecule has 1 fully saturated rings. The normalized spacial score (nSPS) is 24.0. The van der Waals surface area contributed by atoms with Crippen LogP contribution in [0.25, 0.3) is 10.2 Å². The highest BCUT2D eigenvalue weighted by atomic mass is 32.1. The maximum Gasteiger partial charge on any atom is 0.108 e. The van der Waals surface area contributed by atoms with Gasteiger partial charge in [0.2, 0.25) is 0 Å². The van der Waals surface area contributed by atoms with Gasteiger partial charge in [-0.05, 0) is 24.5 Å². The van der Waals surface area contributed by atoms with Crippen LogP contribution in [0, 0.1) is 5.92 Å². The van der Waals surface area contributed by atoms with E-state index in [2.05, 4.69) is 55.3 Å². The summed E-state index contributed by atoms with van der Waals surface area (Å²) < 4.78 is 1.30. The van der Waals surface area contributed by atoms with Crippen LogP contribution < -0.4 is 5.32 Å². The average Bonchev–Trinajstić information content (AvgIpc) is 2.89. The molecule has 0 saturated carbocycles. The Morgan fingerprint density at radius 1 is 1.38 bits per heavy atom. The summed E-state index contributed by atoms with van der Waals surface area (Å²) in [6.07, 6.45) is 1.20. The van der Waals surface area contributed by atoms with E-state index in [-0.39, 0.29) is 0 Å². The van der Waals surface area contributed by atoms with Crippen molar-refractivity contribution in [1.82, 2.24) is 15.2 Å². The minimum Gasteiger partial charge on any atom is -0.311 e. The Balaban J connectivity index is 1.79. The van der Waals surface area contributed by atoms with Crippen molar-refractivity contribution in [2.75, 3.05) is 13.1 Å². The Labute approximate surface area is 131 Å². The Hall–Kier alpha value is -0.970. The van der Waals surface area contributed by atoms with Crippen LogP contribution in [0.4, 0.5) is 0 Å². The fourth-order valence-corrected chi connectivity index (χ4v) is 4.17. The lowest BCUT2D eigenvalue weighted by atomic mass is 9.98. The molecule has 3 nitrogen and oxygen atoms in total. The van der Waals surface area contributed by atoms with E-state index < -0.39 is 0 Å². The van der Waals surface area contributed by atoms with Gasteiger partial charge in [-0.15, -0.1) is 11.3 Å². The lowest BCUT2D eigenvalue weighted by molar-refractivity contribution is 0.0900. The Bertz CT molecular complexity index is 559. The number of fused-ring (bicyclic) bond motifs is 1. The van der Waals surface area contributed by atoms with E-state index >= 15 is 0 Å². The zero-order valence-electron chi connectivity index (χ0n) is 13.2. The molecule has 0 radical (unpaired) electrons. The lowest BCUT2D eigenvalue weighted by Gasteiger charge is -2.41. The third-order valence-electron chi connectivity index (χ3n) is 4.48. The summed E-state index contributed by atoms with van der Waals surface area (Å²) in [7, 11) is 0. The van der Waals surface area contributed by atoms with E-state index in [1.807, 2.05) is 11.3 Å². The minimum absolute atomic E-state index is 0.611. The summed E-state index contributed by atoms with van der Waals surface area (Å²) in [6, 6.07) is 9.68. The van der Waals surface area contributed by atoms with Crippen LogP contribution in [0.15, 0.2) is 24.3 Å². The van der Waals surface area contributed by atoms with Crippen LogP contribution >= 0.6 is 11.3 Å². The predicted molar refractivity (Wildman–Crippen MR) is 90.7 cm³/mol. The van der Waals surface area contributed by atoms with E-state index in [1.165, 1.54) is 16.1 Å². The summed E-state index contributed by atoms with van der Waals surface area (Å²) in [6.45, 7) is 10.1. The van der Waals surface area contributed by atoms with Gasteiger partial charge in [0.25, 0.3) is 0 Å². The monoisotopic (exact) mass is 303 g/mol. The van der Waals surface area contributed by atoms with Gasteiger partial charge in [-0.3, -0.25) is 4.90 Å². The first-order valence-electron chi connectivity index (χ1n) is 7.99. The first kappa shape index (κ1) is 14.9. The van der Waals surface area contributed by atoms with Crippen molar-refractivity contribution in [2.24, 2.45) is 5.92 Å². The largest absolute Gasteiger partial charge is 0.311 e. The van der Waals surface area contributed by atoms with Crippen LogP contribution in [0.5, 0.6) is 0 Å². The standard InChI is InChI=1S/C17H25N3S/c1-4-13-10-20(15(9-18-13)12(2)3)11-17-19-14-7-5-6-8-16(14)21-17/h5-8,12-13,15,18H,4,9-11H2,1-3H3. The highest BCUT2D eigenvalue weighted by Gasteiger charge is 2.29. The van der Waals surface area contributed by atoms with Gasteiger partial charge in [-0.25, -0.2) is 4.98 Å². The first-order valence-corrected chi connectivity index (χ1v) is 8.81. The molecule has 114 valence electrons. The van der Waals surface area contributed by atoms with Crippen molar-refractivity contribution in [3.8, 4) is 0 Å². The highest BCUT2D eigenvalue weighted by molar-refractivity contribution is 7.18. The molecule has 2 atom stereocenters. The van der Waals surface area contributed by atoms with Crippen molar-refractivity contribution >= 4 is 21.6 Å². The maximum atomic E-state index is 4.81. The van der Waals surface area contributed by atoms with E-state index in [0.29, 0.717) is 18.0 Å². The minimum atomic E-state index is 0.611. The fraction of sp³-hybridized carbons (Fsp3) is 0.588. The van der Waals surface area contributed by atoms with Gasteiger partial charge in [-0.1, -0.05) is 32.9 Å². The van der Waals surface area contributed by atoms with Gasteiger partial charge in [0, 0.05) is 25.2 Å². The molecule has 1 N–H and O–H groups in total. The lowest BCUT2D eigenvalue weighted by Crippen LogP contribution is -2.57. The second kappa shape index (κ2) is 6.42. The smallest absolute Gasteiger partial charge is 0.108 e. The van der Waals surface area contributed by atoms with Crippen molar-refractivity contribution in [2.45, 2.75) is 45.8 Å². The molecule has 21 heavy (non-hydrogen) atoms. The molecule has 3 rings (SSSR count). The van der Waals surface area contributed by atoms with Crippen LogP contribution in [-0.4, -0.2) is 35.1 Å². The van der Waals surface area contributed by atoms with E-state index in [0.717, 1.165) is 25.2 Å². The number of rotatable bonds is 4. The van der Waals surface area contributed by atoms with Crippen LogP contribution in [0.1, 0.15) is 32.2 Å². The molecule has 2 heterocycles. The van der Waals surface area contributed by atoms with E-state index in [4.69, 9.17) is 4.98 Å². The van der Waals surface area contributed by atoms with E-state index in [9.17, 15) is 0 Å². The van der Waals surface area contributed by atoms with Gasteiger partial charge in [0.15, 0.2) is 0 Å². The quantitative estimate of drug-likeness (QED) is 0.937.